The molecule has 0 spiro atoms. The third kappa shape index (κ3) is 3.04. The third-order valence-electron chi connectivity index (χ3n) is 3.70. The topological polar surface area (TPSA) is 97.5 Å². The zero-order valence-electron chi connectivity index (χ0n) is 11.7. The summed E-state index contributed by atoms with van der Waals surface area (Å²) in [5.41, 5.74) is 6.25. The second-order valence-electron chi connectivity index (χ2n) is 5.22. The number of hydrogen-bond acceptors (Lipinski definition) is 5. The van der Waals surface area contributed by atoms with Gasteiger partial charge in [-0.3, -0.25) is 0 Å². The van der Waals surface area contributed by atoms with Gasteiger partial charge in [0.25, 0.3) is 0 Å². The van der Waals surface area contributed by atoms with E-state index in [-0.39, 0.29) is 23.6 Å². The molecule has 1 fully saturated rings. The highest BCUT2D eigenvalue weighted by Gasteiger charge is 2.37. The molecular weight excluding hydrogens is 319 g/mol. The molecule has 1 aromatic rings. The number of aryl methyl sites for hydroxylation is 1. The van der Waals surface area contributed by atoms with Gasteiger partial charge in [0.2, 0.25) is 10.0 Å². The van der Waals surface area contributed by atoms with Crippen molar-refractivity contribution >= 4 is 25.5 Å². The van der Waals surface area contributed by atoms with Gasteiger partial charge < -0.3 is 5.73 Å². The van der Waals surface area contributed by atoms with E-state index in [1.165, 1.54) is 7.05 Å². The maximum atomic E-state index is 13.9. The minimum Gasteiger partial charge on any atom is -0.398 e. The van der Waals surface area contributed by atoms with Crippen molar-refractivity contribution in [3.8, 4) is 0 Å². The molecule has 1 unspecified atom stereocenters. The van der Waals surface area contributed by atoms with Gasteiger partial charge in [-0.15, -0.1) is 0 Å². The number of nitrogen functional groups attached to an aromatic ring is 1. The number of rotatable bonds is 3. The Morgan fingerprint density at radius 3 is 2.52 bits per heavy atom. The molecule has 1 atom stereocenters. The molecule has 9 heteroatoms. The molecule has 0 amide bonds. The van der Waals surface area contributed by atoms with E-state index in [0.29, 0.717) is 5.56 Å². The van der Waals surface area contributed by atoms with Crippen molar-refractivity contribution in [2.24, 2.45) is 0 Å². The van der Waals surface area contributed by atoms with Crippen LogP contribution in [0.25, 0.3) is 0 Å². The van der Waals surface area contributed by atoms with E-state index < -0.39 is 36.6 Å². The molecule has 0 aliphatic carbocycles. The molecule has 1 aliphatic heterocycles. The fourth-order valence-electron chi connectivity index (χ4n) is 2.28. The van der Waals surface area contributed by atoms with E-state index in [1.807, 2.05) is 0 Å². The van der Waals surface area contributed by atoms with Crippen molar-refractivity contribution in [2.75, 3.05) is 24.3 Å². The fourth-order valence-corrected chi connectivity index (χ4v) is 5.61. The van der Waals surface area contributed by atoms with E-state index in [9.17, 15) is 21.2 Å². The molecular formula is C12H17FN2O4S2. The summed E-state index contributed by atoms with van der Waals surface area (Å²) in [5, 5.41) is 0. The summed E-state index contributed by atoms with van der Waals surface area (Å²) in [7, 11) is -6.10. The average Bonchev–Trinajstić information content (AvgIpc) is 2.73. The quantitative estimate of drug-likeness (QED) is 0.812. The van der Waals surface area contributed by atoms with Crippen LogP contribution in [0.15, 0.2) is 17.0 Å². The van der Waals surface area contributed by atoms with Gasteiger partial charge in [0.05, 0.1) is 11.5 Å². The molecule has 21 heavy (non-hydrogen) atoms. The first kappa shape index (κ1) is 16.2. The number of hydrogen-bond donors (Lipinski definition) is 1. The number of nitrogens with zero attached hydrogens (tertiary/aromatic N) is 1. The van der Waals surface area contributed by atoms with Crippen molar-refractivity contribution in [3.05, 3.63) is 23.5 Å². The Bertz CT molecular complexity index is 775. The standard InChI is InChI=1S/C12H17FN2O4S2/c1-8-5-10(13)12(6-11(8)14)21(18,19)15(2)9-3-4-20(16,17)7-9/h5-6,9H,3-4,7,14H2,1-2H3. The number of sulfone groups is 1. The van der Waals surface area contributed by atoms with Crippen molar-refractivity contribution in [1.82, 2.24) is 4.31 Å². The molecule has 0 bridgehead atoms. The fraction of sp³-hybridized carbons (Fsp3) is 0.500. The van der Waals surface area contributed by atoms with E-state index in [0.717, 1.165) is 16.4 Å². The Kier molecular flexibility index (Phi) is 4.02. The van der Waals surface area contributed by atoms with E-state index >= 15 is 0 Å². The van der Waals surface area contributed by atoms with Gasteiger partial charge in [-0.1, -0.05) is 0 Å². The molecule has 1 aromatic carbocycles. The number of benzene rings is 1. The van der Waals surface area contributed by atoms with Crippen LogP contribution >= 0.6 is 0 Å². The van der Waals surface area contributed by atoms with Crippen LogP contribution < -0.4 is 5.73 Å². The molecule has 1 heterocycles. The monoisotopic (exact) mass is 336 g/mol. The van der Waals surface area contributed by atoms with Gasteiger partial charge in [0.1, 0.15) is 10.7 Å². The van der Waals surface area contributed by atoms with Gasteiger partial charge in [0.15, 0.2) is 9.84 Å². The predicted octanol–water partition coefficient (Wildman–Crippen LogP) is 0.524. The average molecular weight is 336 g/mol. The van der Waals surface area contributed by atoms with Crippen LogP contribution in [0.1, 0.15) is 12.0 Å². The highest BCUT2D eigenvalue weighted by molar-refractivity contribution is 7.92. The zero-order valence-corrected chi connectivity index (χ0v) is 13.3. The molecule has 2 rings (SSSR count). The maximum absolute atomic E-state index is 13.9. The summed E-state index contributed by atoms with van der Waals surface area (Å²) in [4.78, 5) is -0.530. The molecule has 118 valence electrons. The summed E-state index contributed by atoms with van der Waals surface area (Å²) in [5.74, 6) is -1.20. The largest absolute Gasteiger partial charge is 0.398 e. The predicted molar refractivity (Wildman–Crippen MR) is 77.6 cm³/mol. The second kappa shape index (κ2) is 5.22. The molecule has 6 nitrogen and oxygen atoms in total. The van der Waals surface area contributed by atoms with Gasteiger partial charge >= 0.3 is 0 Å². The van der Waals surface area contributed by atoms with Crippen LogP contribution in [0, 0.1) is 12.7 Å². The highest BCUT2D eigenvalue weighted by Crippen LogP contribution is 2.27. The van der Waals surface area contributed by atoms with E-state index in [4.69, 9.17) is 5.73 Å². The lowest BCUT2D eigenvalue weighted by Gasteiger charge is -2.23. The molecule has 1 aliphatic rings. The Balaban J connectivity index is 2.41. The van der Waals surface area contributed by atoms with Crippen LogP contribution in [-0.2, 0) is 19.9 Å². The molecule has 0 saturated carbocycles. The van der Waals surface area contributed by atoms with E-state index in [2.05, 4.69) is 0 Å². The van der Waals surface area contributed by atoms with Crippen LogP contribution in [0.4, 0.5) is 10.1 Å². The number of anilines is 1. The summed E-state index contributed by atoms with van der Waals surface area (Å²) >= 11 is 0. The molecule has 0 radical (unpaired) electrons. The number of halogens is 1. The van der Waals surface area contributed by atoms with E-state index in [1.54, 1.807) is 6.92 Å². The van der Waals surface area contributed by atoms with Crippen LogP contribution in [0.3, 0.4) is 0 Å². The lowest BCUT2D eigenvalue weighted by atomic mass is 10.2. The summed E-state index contributed by atoms with van der Waals surface area (Å²) < 4.78 is 62.7. The maximum Gasteiger partial charge on any atom is 0.246 e. The first-order chi connectivity index (χ1) is 9.54. The van der Waals surface area contributed by atoms with Crippen molar-refractivity contribution in [2.45, 2.75) is 24.3 Å². The zero-order chi connectivity index (χ0) is 16.0. The van der Waals surface area contributed by atoms with Gasteiger partial charge in [-0.25, -0.2) is 21.2 Å². The number of nitrogens with two attached hydrogens (primary N) is 1. The highest BCUT2D eigenvalue weighted by atomic mass is 32.2. The van der Waals surface area contributed by atoms with Crippen LogP contribution in [0.2, 0.25) is 0 Å². The van der Waals surface area contributed by atoms with Gasteiger partial charge in [-0.05, 0) is 31.0 Å². The minimum atomic E-state index is -4.13. The second-order valence-corrected chi connectivity index (χ2v) is 9.41. The Hall–Kier alpha value is -1.19. The SMILES string of the molecule is Cc1cc(F)c(S(=O)(=O)N(C)C2CCS(=O)(=O)C2)cc1N. The number of sulfonamides is 1. The Labute approximate surface area is 123 Å². The molecule has 2 N–H and O–H groups in total. The molecule has 1 saturated heterocycles. The lowest BCUT2D eigenvalue weighted by Crippen LogP contribution is -2.38. The third-order valence-corrected chi connectivity index (χ3v) is 7.38. The van der Waals surface area contributed by atoms with Crippen molar-refractivity contribution in [1.29, 1.82) is 0 Å². The Morgan fingerprint density at radius 2 is 2.00 bits per heavy atom. The minimum absolute atomic E-state index is 0.0595. The summed E-state index contributed by atoms with van der Waals surface area (Å²) in [6, 6.07) is 1.45. The van der Waals surface area contributed by atoms with Gasteiger partial charge in [0, 0.05) is 18.8 Å². The first-order valence-corrected chi connectivity index (χ1v) is 9.55. The van der Waals surface area contributed by atoms with Gasteiger partial charge in [-0.2, -0.15) is 4.31 Å². The summed E-state index contributed by atoms with van der Waals surface area (Å²) in [6.45, 7) is 1.57. The van der Waals surface area contributed by atoms with Crippen LogP contribution in [0.5, 0.6) is 0 Å². The Morgan fingerprint density at radius 1 is 1.38 bits per heavy atom. The van der Waals surface area contributed by atoms with Crippen molar-refractivity contribution in [3.63, 3.8) is 0 Å². The lowest BCUT2D eigenvalue weighted by molar-refractivity contribution is 0.391. The first-order valence-electron chi connectivity index (χ1n) is 6.28. The summed E-state index contributed by atoms with van der Waals surface area (Å²) in [6.07, 6.45) is 0.209. The van der Waals surface area contributed by atoms with Crippen molar-refractivity contribution < 1.29 is 21.2 Å². The van der Waals surface area contributed by atoms with Crippen LogP contribution in [-0.4, -0.2) is 45.7 Å². The smallest absolute Gasteiger partial charge is 0.246 e. The molecule has 0 aromatic heterocycles. The normalized spacial score (nSPS) is 21.8.